The molecule has 1 rings (SSSR count). The standard InChI is InChI=1S/C12H18FNO/c1-8(2)9(3)14-7-10-6-11(13)4-5-12(10)15/h4-6,8-9,14-15H,7H2,1-3H3. The summed E-state index contributed by atoms with van der Waals surface area (Å²) in [7, 11) is 0. The number of rotatable bonds is 4. The van der Waals surface area contributed by atoms with E-state index in [2.05, 4.69) is 26.1 Å². The molecule has 0 aromatic heterocycles. The molecule has 0 saturated heterocycles. The van der Waals surface area contributed by atoms with Crippen LogP contribution in [-0.4, -0.2) is 11.1 Å². The highest BCUT2D eigenvalue weighted by Gasteiger charge is 2.08. The van der Waals surface area contributed by atoms with Gasteiger partial charge in [-0.1, -0.05) is 13.8 Å². The second-order valence-corrected chi connectivity index (χ2v) is 4.19. The van der Waals surface area contributed by atoms with Crippen molar-refractivity contribution in [3.8, 4) is 5.75 Å². The van der Waals surface area contributed by atoms with Gasteiger partial charge in [0.15, 0.2) is 0 Å². The van der Waals surface area contributed by atoms with Crippen LogP contribution in [0.4, 0.5) is 4.39 Å². The van der Waals surface area contributed by atoms with Crippen LogP contribution < -0.4 is 5.32 Å². The highest BCUT2D eigenvalue weighted by atomic mass is 19.1. The van der Waals surface area contributed by atoms with E-state index in [9.17, 15) is 9.50 Å². The van der Waals surface area contributed by atoms with E-state index in [4.69, 9.17) is 0 Å². The molecule has 84 valence electrons. The molecule has 1 unspecified atom stereocenters. The molecular formula is C12H18FNO. The van der Waals surface area contributed by atoms with Crippen LogP contribution in [0.25, 0.3) is 0 Å². The maximum Gasteiger partial charge on any atom is 0.123 e. The maximum absolute atomic E-state index is 12.9. The third kappa shape index (κ3) is 3.51. The molecule has 0 spiro atoms. The largest absolute Gasteiger partial charge is 0.508 e. The average molecular weight is 211 g/mol. The minimum Gasteiger partial charge on any atom is -0.508 e. The quantitative estimate of drug-likeness (QED) is 0.802. The van der Waals surface area contributed by atoms with Crippen molar-refractivity contribution in [1.82, 2.24) is 5.32 Å². The van der Waals surface area contributed by atoms with Crippen molar-refractivity contribution < 1.29 is 9.50 Å². The fraction of sp³-hybridized carbons (Fsp3) is 0.500. The summed E-state index contributed by atoms with van der Waals surface area (Å²) >= 11 is 0. The normalized spacial score (nSPS) is 13.1. The number of hydrogen-bond donors (Lipinski definition) is 2. The van der Waals surface area contributed by atoms with E-state index < -0.39 is 0 Å². The van der Waals surface area contributed by atoms with Crippen molar-refractivity contribution in [2.75, 3.05) is 0 Å². The van der Waals surface area contributed by atoms with Crippen molar-refractivity contribution in [3.05, 3.63) is 29.6 Å². The molecule has 0 heterocycles. The summed E-state index contributed by atoms with van der Waals surface area (Å²) in [5.74, 6) is 0.336. The van der Waals surface area contributed by atoms with Crippen molar-refractivity contribution in [3.63, 3.8) is 0 Å². The third-order valence-corrected chi connectivity index (χ3v) is 2.66. The summed E-state index contributed by atoms with van der Waals surface area (Å²) in [5.41, 5.74) is 0.600. The molecule has 3 heteroatoms. The Balaban J connectivity index is 2.61. The van der Waals surface area contributed by atoms with Crippen molar-refractivity contribution >= 4 is 0 Å². The monoisotopic (exact) mass is 211 g/mol. The second-order valence-electron chi connectivity index (χ2n) is 4.19. The molecule has 0 bridgehead atoms. The topological polar surface area (TPSA) is 32.3 Å². The molecule has 0 aliphatic carbocycles. The molecule has 1 aromatic carbocycles. The van der Waals surface area contributed by atoms with Crippen molar-refractivity contribution in [2.24, 2.45) is 5.92 Å². The number of halogens is 1. The van der Waals surface area contributed by atoms with Crippen LogP contribution in [-0.2, 0) is 6.54 Å². The molecule has 0 amide bonds. The number of benzene rings is 1. The van der Waals surface area contributed by atoms with Gasteiger partial charge in [-0.3, -0.25) is 0 Å². The van der Waals surface area contributed by atoms with Crippen LogP contribution in [0.5, 0.6) is 5.75 Å². The Bertz CT molecular complexity index is 325. The number of phenolic OH excluding ortho intramolecular Hbond substituents is 1. The molecule has 1 aromatic rings. The van der Waals surface area contributed by atoms with Gasteiger partial charge in [-0.05, 0) is 31.0 Å². The number of hydrogen-bond acceptors (Lipinski definition) is 2. The minimum atomic E-state index is -0.318. The summed E-state index contributed by atoms with van der Waals surface area (Å²) < 4.78 is 12.9. The molecular weight excluding hydrogens is 193 g/mol. The Morgan fingerprint density at radius 3 is 2.60 bits per heavy atom. The highest BCUT2D eigenvalue weighted by Crippen LogP contribution is 2.17. The van der Waals surface area contributed by atoms with E-state index in [1.807, 2.05) is 0 Å². The van der Waals surface area contributed by atoms with Gasteiger partial charge >= 0.3 is 0 Å². The zero-order valence-electron chi connectivity index (χ0n) is 9.42. The van der Waals surface area contributed by atoms with Gasteiger partial charge in [0.1, 0.15) is 11.6 Å². The van der Waals surface area contributed by atoms with Crippen molar-refractivity contribution in [1.29, 1.82) is 0 Å². The molecule has 1 atom stereocenters. The summed E-state index contributed by atoms with van der Waals surface area (Å²) in [4.78, 5) is 0. The first kappa shape index (κ1) is 12.0. The van der Waals surface area contributed by atoms with Crippen LogP contribution in [0.15, 0.2) is 18.2 Å². The van der Waals surface area contributed by atoms with Gasteiger partial charge in [0.2, 0.25) is 0 Å². The van der Waals surface area contributed by atoms with Gasteiger partial charge in [0, 0.05) is 18.2 Å². The molecule has 0 aliphatic heterocycles. The summed E-state index contributed by atoms with van der Waals surface area (Å²) in [6.07, 6.45) is 0. The lowest BCUT2D eigenvalue weighted by Crippen LogP contribution is -2.30. The minimum absolute atomic E-state index is 0.139. The lowest BCUT2D eigenvalue weighted by atomic mass is 10.1. The van der Waals surface area contributed by atoms with Crippen LogP contribution in [0.1, 0.15) is 26.3 Å². The first-order valence-corrected chi connectivity index (χ1v) is 5.21. The van der Waals surface area contributed by atoms with Crippen LogP contribution >= 0.6 is 0 Å². The van der Waals surface area contributed by atoms with E-state index in [-0.39, 0.29) is 11.6 Å². The first-order valence-electron chi connectivity index (χ1n) is 5.21. The number of phenols is 1. The molecule has 2 N–H and O–H groups in total. The predicted octanol–water partition coefficient (Wildman–Crippen LogP) is 2.67. The molecule has 2 nitrogen and oxygen atoms in total. The highest BCUT2D eigenvalue weighted by molar-refractivity contribution is 5.32. The Morgan fingerprint density at radius 2 is 2.00 bits per heavy atom. The van der Waals surface area contributed by atoms with Crippen LogP contribution in [0.2, 0.25) is 0 Å². The molecule has 0 saturated carbocycles. The average Bonchev–Trinajstić information content (AvgIpc) is 2.18. The van der Waals surface area contributed by atoms with E-state index in [0.717, 1.165) is 0 Å². The smallest absolute Gasteiger partial charge is 0.123 e. The van der Waals surface area contributed by atoms with Gasteiger partial charge in [-0.25, -0.2) is 4.39 Å². The Hall–Kier alpha value is -1.09. The zero-order valence-corrected chi connectivity index (χ0v) is 9.42. The predicted molar refractivity (Wildman–Crippen MR) is 59.2 cm³/mol. The Labute approximate surface area is 90.1 Å². The summed E-state index contributed by atoms with van der Waals surface area (Å²) in [6, 6.07) is 4.33. The molecule has 0 radical (unpaired) electrons. The lowest BCUT2D eigenvalue weighted by Gasteiger charge is -2.17. The van der Waals surface area contributed by atoms with Crippen LogP contribution in [0, 0.1) is 11.7 Å². The van der Waals surface area contributed by atoms with Gasteiger partial charge in [-0.2, -0.15) is 0 Å². The zero-order chi connectivity index (χ0) is 11.4. The summed E-state index contributed by atoms with van der Waals surface area (Å²) in [5, 5.41) is 12.7. The maximum atomic E-state index is 12.9. The van der Waals surface area contributed by atoms with E-state index in [1.54, 1.807) is 0 Å². The van der Waals surface area contributed by atoms with Gasteiger partial charge in [0.05, 0.1) is 0 Å². The number of nitrogens with one attached hydrogen (secondary N) is 1. The fourth-order valence-electron chi connectivity index (χ4n) is 1.20. The Morgan fingerprint density at radius 1 is 1.33 bits per heavy atom. The van der Waals surface area contributed by atoms with Crippen molar-refractivity contribution in [2.45, 2.75) is 33.4 Å². The van der Waals surface area contributed by atoms with Gasteiger partial charge in [-0.15, -0.1) is 0 Å². The molecule has 15 heavy (non-hydrogen) atoms. The van der Waals surface area contributed by atoms with Crippen LogP contribution in [0.3, 0.4) is 0 Å². The molecule has 0 fully saturated rings. The second kappa shape index (κ2) is 5.12. The van der Waals surface area contributed by atoms with E-state index >= 15 is 0 Å². The third-order valence-electron chi connectivity index (χ3n) is 2.66. The Kier molecular flexibility index (Phi) is 4.09. The SMILES string of the molecule is CC(C)C(C)NCc1cc(F)ccc1O. The van der Waals surface area contributed by atoms with Gasteiger partial charge in [0.25, 0.3) is 0 Å². The lowest BCUT2D eigenvalue weighted by molar-refractivity contribution is 0.414. The first-order chi connectivity index (χ1) is 7.00. The van der Waals surface area contributed by atoms with E-state index in [0.29, 0.717) is 24.1 Å². The molecule has 0 aliphatic rings. The van der Waals surface area contributed by atoms with E-state index in [1.165, 1.54) is 18.2 Å². The summed E-state index contributed by atoms with van der Waals surface area (Å²) in [6.45, 7) is 6.79. The van der Waals surface area contributed by atoms with Gasteiger partial charge < -0.3 is 10.4 Å². The number of aromatic hydroxyl groups is 1. The fourth-order valence-corrected chi connectivity index (χ4v) is 1.20.